The maximum atomic E-state index is 13.3. The zero-order valence-corrected chi connectivity index (χ0v) is 14.4. The van der Waals surface area contributed by atoms with E-state index in [2.05, 4.69) is 15.9 Å². The van der Waals surface area contributed by atoms with Crippen LogP contribution in [0, 0.1) is 5.82 Å². The molecule has 0 aliphatic rings. The second kappa shape index (κ2) is 7.11. The summed E-state index contributed by atoms with van der Waals surface area (Å²) in [5.41, 5.74) is 0.102. The van der Waals surface area contributed by atoms with Crippen molar-refractivity contribution in [3.05, 3.63) is 52.8 Å². The summed E-state index contributed by atoms with van der Waals surface area (Å²) in [5, 5.41) is 0.146. The molecule has 0 saturated carbocycles. The third-order valence-electron chi connectivity index (χ3n) is 2.79. The van der Waals surface area contributed by atoms with Crippen LogP contribution in [0.3, 0.4) is 0 Å². The van der Waals surface area contributed by atoms with Crippen molar-refractivity contribution in [2.75, 3.05) is 0 Å². The number of sulfone groups is 1. The Morgan fingerprint density at radius 3 is 2.39 bits per heavy atom. The summed E-state index contributed by atoms with van der Waals surface area (Å²) >= 11 is 8.75. The summed E-state index contributed by atoms with van der Waals surface area (Å²) < 4.78 is 67.1. The van der Waals surface area contributed by atoms with Crippen LogP contribution in [0.4, 0.5) is 13.2 Å². The first-order valence-corrected chi connectivity index (χ1v) is 9.13. The van der Waals surface area contributed by atoms with Crippen LogP contribution in [0.25, 0.3) is 0 Å². The fourth-order valence-corrected chi connectivity index (χ4v) is 3.63. The average molecular weight is 430 g/mol. The molecule has 2 rings (SSSR count). The van der Waals surface area contributed by atoms with Crippen LogP contribution in [-0.4, -0.2) is 14.2 Å². The van der Waals surface area contributed by atoms with Gasteiger partial charge in [0, 0.05) is 16.4 Å². The second-order valence-electron chi connectivity index (χ2n) is 4.42. The van der Waals surface area contributed by atoms with E-state index in [4.69, 9.17) is 16.3 Å². The monoisotopic (exact) mass is 428 g/mol. The largest absolute Gasteiger partial charge is 0.457 e. The topological polar surface area (TPSA) is 43.4 Å². The van der Waals surface area contributed by atoms with Crippen LogP contribution in [0.5, 0.6) is 11.5 Å². The smallest absolute Gasteiger partial charge is 0.341 e. The molecule has 0 saturated heterocycles. The van der Waals surface area contributed by atoms with E-state index in [0.717, 1.165) is 18.2 Å². The van der Waals surface area contributed by atoms with Crippen LogP contribution < -0.4 is 4.74 Å². The molecule has 0 unspecified atom stereocenters. The summed E-state index contributed by atoms with van der Waals surface area (Å²) in [5.74, 6) is -3.87. The van der Waals surface area contributed by atoms with Crippen molar-refractivity contribution in [1.82, 2.24) is 0 Å². The van der Waals surface area contributed by atoms with Gasteiger partial charge in [0.05, 0.1) is 4.90 Å². The Kier molecular flexibility index (Phi) is 5.59. The Balaban J connectivity index is 2.39. The van der Waals surface area contributed by atoms with Gasteiger partial charge in [0.1, 0.15) is 17.3 Å². The molecule has 0 radical (unpaired) electrons. The van der Waals surface area contributed by atoms with E-state index in [1.165, 1.54) is 18.2 Å². The molecule has 0 aliphatic carbocycles. The molecule has 0 fully saturated rings. The summed E-state index contributed by atoms with van der Waals surface area (Å²) in [4.78, 5) is -0.492. The van der Waals surface area contributed by atoms with Gasteiger partial charge in [-0.2, -0.15) is 8.78 Å². The number of benzene rings is 2. The molecule has 23 heavy (non-hydrogen) atoms. The van der Waals surface area contributed by atoms with Crippen molar-refractivity contribution in [3.63, 3.8) is 0 Å². The molecule has 0 atom stereocenters. The zero-order chi connectivity index (χ0) is 17.2. The summed E-state index contributed by atoms with van der Waals surface area (Å²) in [7, 11) is -4.72. The number of hydrogen-bond donors (Lipinski definition) is 0. The Bertz CT molecular complexity index is 808. The lowest BCUT2D eigenvalue weighted by Gasteiger charge is -2.11. The van der Waals surface area contributed by atoms with E-state index in [0.29, 0.717) is 0 Å². The van der Waals surface area contributed by atoms with Crippen molar-refractivity contribution in [1.29, 1.82) is 0 Å². The fraction of sp³-hybridized carbons (Fsp3) is 0.143. The minimum atomic E-state index is -4.72. The van der Waals surface area contributed by atoms with E-state index < -0.39 is 26.3 Å². The fourth-order valence-electron chi connectivity index (χ4n) is 1.82. The maximum absolute atomic E-state index is 13.3. The highest BCUT2D eigenvalue weighted by molar-refractivity contribution is 9.08. The van der Waals surface area contributed by atoms with Crippen LogP contribution >= 0.6 is 27.5 Å². The normalized spacial score (nSPS) is 11.7. The van der Waals surface area contributed by atoms with Gasteiger partial charge in [-0.1, -0.05) is 27.5 Å². The number of rotatable bonds is 5. The second-order valence-corrected chi connectivity index (χ2v) is 7.30. The molecule has 0 aliphatic heterocycles. The lowest BCUT2D eigenvalue weighted by molar-refractivity contribution is 0.234. The molecule has 0 spiro atoms. The van der Waals surface area contributed by atoms with E-state index in [-0.39, 0.29) is 27.4 Å². The van der Waals surface area contributed by atoms with Crippen LogP contribution in [0.2, 0.25) is 5.02 Å². The van der Waals surface area contributed by atoms with Crippen molar-refractivity contribution in [2.24, 2.45) is 0 Å². The minimum absolute atomic E-state index is 0.0232. The highest BCUT2D eigenvalue weighted by Crippen LogP contribution is 2.31. The van der Waals surface area contributed by atoms with Crippen LogP contribution in [0.15, 0.2) is 41.3 Å². The van der Waals surface area contributed by atoms with Gasteiger partial charge in [-0.15, -0.1) is 0 Å². The predicted octanol–water partition coefficient (Wildman–Crippen LogP) is 5.16. The van der Waals surface area contributed by atoms with Crippen molar-refractivity contribution < 1.29 is 26.3 Å². The lowest BCUT2D eigenvalue weighted by atomic mass is 10.2. The summed E-state index contributed by atoms with van der Waals surface area (Å²) in [6.45, 7) is 0. The SMILES string of the molecule is O=S(=O)(c1ccc(Oc2cc(F)cc(Cl)c2)cc1CBr)C(F)F. The first-order valence-electron chi connectivity index (χ1n) is 6.09. The summed E-state index contributed by atoms with van der Waals surface area (Å²) in [6, 6.07) is 7.06. The average Bonchev–Trinajstić information content (AvgIpc) is 2.45. The first kappa shape index (κ1) is 18.1. The van der Waals surface area contributed by atoms with E-state index >= 15 is 0 Å². The highest BCUT2D eigenvalue weighted by Gasteiger charge is 2.29. The molecule has 9 heteroatoms. The molecule has 0 amide bonds. The quantitative estimate of drug-likeness (QED) is 0.617. The molecule has 0 aromatic heterocycles. The number of alkyl halides is 3. The van der Waals surface area contributed by atoms with Gasteiger partial charge < -0.3 is 4.74 Å². The van der Waals surface area contributed by atoms with Crippen molar-refractivity contribution in [3.8, 4) is 11.5 Å². The molecule has 2 aromatic rings. The first-order chi connectivity index (χ1) is 10.7. The molecule has 124 valence electrons. The Morgan fingerprint density at radius 2 is 1.83 bits per heavy atom. The minimum Gasteiger partial charge on any atom is -0.457 e. The van der Waals surface area contributed by atoms with E-state index in [1.807, 2.05) is 0 Å². The van der Waals surface area contributed by atoms with Crippen molar-refractivity contribution in [2.45, 2.75) is 16.0 Å². The van der Waals surface area contributed by atoms with E-state index in [9.17, 15) is 21.6 Å². The third kappa shape index (κ3) is 4.19. The van der Waals surface area contributed by atoms with Crippen molar-refractivity contribution >= 4 is 37.4 Å². The van der Waals surface area contributed by atoms with Gasteiger partial charge >= 0.3 is 5.76 Å². The summed E-state index contributed by atoms with van der Waals surface area (Å²) in [6.07, 6.45) is 0. The van der Waals surface area contributed by atoms with E-state index in [1.54, 1.807) is 0 Å². The number of halogens is 5. The highest BCUT2D eigenvalue weighted by atomic mass is 79.9. The molecule has 2 aromatic carbocycles. The van der Waals surface area contributed by atoms with Crippen LogP contribution in [0.1, 0.15) is 5.56 Å². The maximum Gasteiger partial charge on any atom is 0.341 e. The Hall–Kier alpha value is -1.25. The molecule has 3 nitrogen and oxygen atoms in total. The third-order valence-corrected chi connectivity index (χ3v) is 5.09. The van der Waals surface area contributed by atoms with Gasteiger partial charge in [-0.25, -0.2) is 12.8 Å². The van der Waals surface area contributed by atoms with Gasteiger partial charge in [-0.3, -0.25) is 0 Å². The molecule has 0 heterocycles. The molecular formula is C14H9BrClF3O3S. The van der Waals surface area contributed by atoms with Gasteiger partial charge in [0.25, 0.3) is 0 Å². The molecule has 0 bridgehead atoms. The molecule has 0 N–H and O–H groups in total. The lowest BCUT2D eigenvalue weighted by Crippen LogP contribution is -2.13. The standard InChI is InChI=1S/C14H9BrClF3O3S/c15-7-8-3-11(1-2-13(8)23(20,21)14(18)19)22-12-5-9(16)4-10(17)6-12/h1-6,14H,7H2. The van der Waals surface area contributed by atoms with Gasteiger partial charge in [0.2, 0.25) is 9.84 Å². The Morgan fingerprint density at radius 1 is 1.13 bits per heavy atom. The van der Waals surface area contributed by atoms with Crippen LogP contribution in [-0.2, 0) is 15.2 Å². The predicted molar refractivity (Wildman–Crippen MR) is 83.7 cm³/mol. The van der Waals surface area contributed by atoms with Gasteiger partial charge in [0.15, 0.2) is 0 Å². The number of ether oxygens (including phenoxy) is 1. The zero-order valence-electron chi connectivity index (χ0n) is 11.3. The Labute approximate surface area is 144 Å². The molecular weight excluding hydrogens is 421 g/mol. The van der Waals surface area contributed by atoms with Gasteiger partial charge in [-0.05, 0) is 35.9 Å². The number of hydrogen-bond acceptors (Lipinski definition) is 3.